The highest BCUT2D eigenvalue weighted by Gasteiger charge is 2.06. The largest absolute Gasteiger partial charge is 0.452 e. The van der Waals surface area contributed by atoms with Crippen molar-refractivity contribution in [3.05, 3.63) is 56.6 Å². The van der Waals surface area contributed by atoms with Crippen LogP contribution in [0.2, 0.25) is 0 Å². The van der Waals surface area contributed by atoms with Gasteiger partial charge in [0.25, 0.3) is 5.56 Å². The third-order valence-electron chi connectivity index (χ3n) is 2.55. The minimum atomic E-state index is 0.0243. The number of halogens is 1. The molecule has 0 saturated carbocycles. The number of aromatic nitrogens is 1. The minimum Gasteiger partial charge on any atom is -0.452 e. The molecule has 3 aromatic rings. The molecular formula is C12H8BrNO2S. The summed E-state index contributed by atoms with van der Waals surface area (Å²) in [7, 11) is 0. The molecule has 0 unspecified atom stereocenters. The third kappa shape index (κ3) is 1.96. The molecule has 3 rings (SSSR count). The lowest BCUT2D eigenvalue weighted by Gasteiger charge is -2.02. The van der Waals surface area contributed by atoms with E-state index in [1.807, 2.05) is 29.6 Å². The van der Waals surface area contributed by atoms with Crippen molar-refractivity contribution in [2.45, 2.75) is 6.54 Å². The molecule has 0 saturated heterocycles. The summed E-state index contributed by atoms with van der Waals surface area (Å²) in [5.74, 6) is 0.758. The van der Waals surface area contributed by atoms with Crippen LogP contribution in [0.4, 0.5) is 0 Å². The Labute approximate surface area is 109 Å². The maximum absolute atomic E-state index is 12.1. The monoisotopic (exact) mass is 309 g/mol. The Morgan fingerprint density at radius 3 is 2.94 bits per heavy atom. The van der Waals surface area contributed by atoms with Gasteiger partial charge in [0, 0.05) is 10.9 Å². The minimum absolute atomic E-state index is 0.0243. The molecule has 0 spiro atoms. The number of nitrogens with zero attached hydrogens (tertiary/aromatic N) is 1. The molecule has 0 fully saturated rings. The van der Waals surface area contributed by atoms with Gasteiger partial charge in [-0.2, -0.15) is 0 Å². The zero-order chi connectivity index (χ0) is 11.8. The number of hydrogen-bond acceptors (Lipinski definition) is 3. The van der Waals surface area contributed by atoms with Gasteiger partial charge in [0.15, 0.2) is 4.67 Å². The van der Waals surface area contributed by atoms with E-state index in [2.05, 4.69) is 15.9 Å². The standard InChI is InChI=1S/C12H8BrNO2S/c13-11-2-1-8(16-11)7-14-5-3-10-9(12(14)15)4-6-17-10/h1-6H,7H2. The van der Waals surface area contributed by atoms with Crippen LogP contribution in [0.5, 0.6) is 0 Å². The molecule has 0 N–H and O–H groups in total. The highest BCUT2D eigenvalue weighted by molar-refractivity contribution is 9.10. The number of rotatable bonds is 2. The van der Waals surface area contributed by atoms with Crippen LogP contribution in [-0.4, -0.2) is 4.57 Å². The van der Waals surface area contributed by atoms with Crippen molar-refractivity contribution in [3.8, 4) is 0 Å². The molecule has 3 nitrogen and oxygen atoms in total. The first kappa shape index (κ1) is 10.8. The van der Waals surface area contributed by atoms with E-state index in [9.17, 15) is 4.79 Å². The Balaban J connectivity index is 2.06. The second-order valence-electron chi connectivity index (χ2n) is 3.65. The molecule has 0 atom stereocenters. The second kappa shape index (κ2) is 4.16. The van der Waals surface area contributed by atoms with Crippen molar-refractivity contribution < 1.29 is 4.42 Å². The zero-order valence-electron chi connectivity index (χ0n) is 8.72. The summed E-state index contributed by atoms with van der Waals surface area (Å²) >= 11 is 4.82. The van der Waals surface area contributed by atoms with Gasteiger partial charge in [-0.1, -0.05) is 0 Å². The summed E-state index contributed by atoms with van der Waals surface area (Å²) < 4.78 is 8.75. The molecule has 3 aromatic heterocycles. The summed E-state index contributed by atoms with van der Waals surface area (Å²) in [5.41, 5.74) is 0.0243. The fraction of sp³-hybridized carbons (Fsp3) is 0.0833. The Morgan fingerprint density at radius 2 is 2.18 bits per heavy atom. The van der Waals surface area contributed by atoms with Gasteiger partial charge in [0.05, 0.1) is 11.9 Å². The van der Waals surface area contributed by atoms with Crippen molar-refractivity contribution in [2.24, 2.45) is 0 Å². The summed E-state index contributed by atoms with van der Waals surface area (Å²) in [4.78, 5) is 12.1. The highest BCUT2D eigenvalue weighted by atomic mass is 79.9. The predicted octanol–water partition coefficient (Wildman–Crippen LogP) is 3.47. The van der Waals surface area contributed by atoms with E-state index in [1.54, 1.807) is 22.1 Å². The molecule has 0 aliphatic carbocycles. The fourth-order valence-corrected chi connectivity index (χ4v) is 2.85. The molecule has 0 amide bonds. The number of pyridine rings is 1. The number of furan rings is 1. The van der Waals surface area contributed by atoms with Crippen LogP contribution in [0.3, 0.4) is 0 Å². The van der Waals surface area contributed by atoms with Gasteiger partial charge in [-0.15, -0.1) is 11.3 Å². The van der Waals surface area contributed by atoms with Crippen LogP contribution >= 0.6 is 27.3 Å². The van der Waals surface area contributed by atoms with Gasteiger partial charge in [0.1, 0.15) is 5.76 Å². The smallest absolute Gasteiger partial charge is 0.259 e. The number of hydrogen-bond donors (Lipinski definition) is 0. The first-order valence-corrected chi connectivity index (χ1v) is 6.72. The molecule has 3 heterocycles. The first-order chi connectivity index (χ1) is 8.24. The predicted molar refractivity (Wildman–Crippen MR) is 71.6 cm³/mol. The molecule has 0 aliphatic rings. The van der Waals surface area contributed by atoms with Crippen molar-refractivity contribution in [3.63, 3.8) is 0 Å². The zero-order valence-corrected chi connectivity index (χ0v) is 11.1. The van der Waals surface area contributed by atoms with Crippen LogP contribution in [0.15, 0.2) is 49.7 Å². The molecule has 5 heteroatoms. The van der Waals surface area contributed by atoms with Crippen molar-refractivity contribution in [1.29, 1.82) is 0 Å². The van der Waals surface area contributed by atoms with E-state index in [0.717, 1.165) is 15.8 Å². The molecule has 0 aliphatic heterocycles. The van der Waals surface area contributed by atoms with Crippen LogP contribution < -0.4 is 5.56 Å². The normalized spacial score (nSPS) is 11.1. The van der Waals surface area contributed by atoms with Gasteiger partial charge in [-0.3, -0.25) is 4.79 Å². The average molecular weight is 310 g/mol. The van der Waals surface area contributed by atoms with Gasteiger partial charge >= 0.3 is 0 Å². The average Bonchev–Trinajstić information content (AvgIpc) is 2.92. The molecule has 17 heavy (non-hydrogen) atoms. The first-order valence-electron chi connectivity index (χ1n) is 5.05. The SMILES string of the molecule is O=c1c2ccsc2ccn1Cc1ccc(Br)o1. The maximum atomic E-state index is 12.1. The Morgan fingerprint density at radius 1 is 1.29 bits per heavy atom. The highest BCUT2D eigenvalue weighted by Crippen LogP contribution is 2.18. The van der Waals surface area contributed by atoms with Gasteiger partial charge in [0.2, 0.25) is 0 Å². The van der Waals surface area contributed by atoms with E-state index < -0.39 is 0 Å². The third-order valence-corrected chi connectivity index (χ3v) is 3.86. The lowest BCUT2D eigenvalue weighted by Crippen LogP contribution is -2.19. The van der Waals surface area contributed by atoms with E-state index in [4.69, 9.17) is 4.42 Å². The lowest BCUT2D eigenvalue weighted by atomic mass is 10.3. The number of thiophene rings is 1. The topological polar surface area (TPSA) is 35.1 Å². The van der Waals surface area contributed by atoms with Crippen molar-refractivity contribution in [1.82, 2.24) is 4.57 Å². The van der Waals surface area contributed by atoms with E-state index in [0.29, 0.717) is 11.2 Å². The van der Waals surface area contributed by atoms with Crippen LogP contribution in [-0.2, 0) is 6.54 Å². The molecule has 86 valence electrons. The van der Waals surface area contributed by atoms with Gasteiger partial charge in [-0.25, -0.2) is 0 Å². The van der Waals surface area contributed by atoms with Crippen LogP contribution in [0.1, 0.15) is 5.76 Å². The lowest BCUT2D eigenvalue weighted by molar-refractivity contribution is 0.471. The Hall–Kier alpha value is -1.33. The molecule has 0 radical (unpaired) electrons. The molecule has 0 aromatic carbocycles. The van der Waals surface area contributed by atoms with Crippen molar-refractivity contribution in [2.75, 3.05) is 0 Å². The van der Waals surface area contributed by atoms with E-state index >= 15 is 0 Å². The van der Waals surface area contributed by atoms with Crippen LogP contribution in [0, 0.1) is 0 Å². The Kier molecular flexibility index (Phi) is 2.64. The van der Waals surface area contributed by atoms with Gasteiger partial charge in [-0.05, 0) is 45.6 Å². The fourth-order valence-electron chi connectivity index (χ4n) is 1.74. The van der Waals surface area contributed by atoms with Gasteiger partial charge < -0.3 is 8.98 Å². The summed E-state index contributed by atoms with van der Waals surface area (Å²) in [6.45, 7) is 0.455. The molecule has 0 bridgehead atoms. The summed E-state index contributed by atoms with van der Waals surface area (Å²) in [6.07, 6.45) is 1.80. The maximum Gasteiger partial charge on any atom is 0.259 e. The quantitative estimate of drug-likeness (QED) is 0.726. The second-order valence-corrected chi connectivity index (χ2v) is 5.38. The van der Waals surface area contributed by atoms with E-state index in [1.165, 1.54) is 0 Å². The number of fused-ring (bicyclic) bond motifs is 1. The molecular weight excluding hydrogens is 302 g/mol. The summed E-state index contributed by atoms with van der Waals surface area (Å²) in [5, 5.41) is 2.70. The van der Waals surface area contributed by atoms with E-state index in [-0.39, 0.29) is 5.56 Å². The summed E-state index contributed by atoms with van der Waals surface area (Å²) in [6, 6.07) is 7.49. The van der Waals surface area contributed by atoms with Crippen LogP contribution in [0.25, 0.3) is 10.1 Å². The van der Waals surface area contributed by atoms with Crippen molar-refractivity contribution >= 4 is 37.4 Å². The Bertz CT molecular complexity index is 725.